The standard InChI is InChI=1S/C13H18O3S/c1-4-12-8-7-11(6-5-10(2)3)9-13(12)17(14,15)16/h4,7-10H,1,5-6H2,2-3H3,(H,14,15,16). The lowest BCUT2D eigenvalue weighted by Gasteiger charge is -2.08. The molecule has 0 spiro atoms. The Hall–Kier alpha value is -1.13. The van der Waals surface area contributed by atoms with Crippen molar-refractivity contribution in [2.75, 3.05) is 0 Å². The molecule has 0 saturated heterocycles. The van der Waals surface area contributed by atoms with Gasteiger partial charge in [-0.1, -0.05) is 38.6 Å². The van der Waals surface area contributed by atoms with Crippen LogP contribution in [-0.2, 0) is 16.5 Å². The zero-order chi connectivity index (χ0) is 13.1. The maximum Gasteiger partial charge on any atom is 0.295 e. The lowest BCUT2D eigenvalue weighted by Crippen LogP contribution is -2.02. The predicted octanol–water partition coefficient (Wildman–Crippen LogP) is 3.16. The summed E-state index contributed by atoms with van der Waals surface area (Å²) < 4.78 is 31.5. The Balaban J connectivity index is 3.10. The van der Waals surface area contributed by atoms with Crippen molar-refractivity contribution in [1.82, 2.24) is 0 Å². The average Bonchev–Trinajstić information content (AvgIpc) is 2.24. The van der Waals surface area contributed by atoms with Gasteiger partial charge in [0.15, 0.2) is 0 Å². The Kier molecular flexibility index (Phi) is 4.48. The van der Waals surface area contributed by atoms with Gasteiger partial charge in [-0.2, -0.15) is 8.42 Å². The highest BCUT2D eigenvalue weighted by atomic mass is 32.2. The van der Waals surface area contributed by atoms with E-state index in [-0.39, 0.29) is 4.90 Å². The minimum atomic E-state index is -4.18. The number of benzene rings is 1. The summed E-state index contributed by atoms with van der Waals surface area (Å²) in [6.45, 7) is 7.76. The van der Waals surface area contributed by atoms with Gasteiger partial charge in [0.25, 0.3) is 10.1 Å². The summed E-state index contributed by atoms with van der Waals surface area (Å²) in [5.41, 5.74) is 1.35. The molecule has 0 bridgehead atoms. The largest absolute Gasteiger partial charge is 0.295 e. The summed E-state index contributed by atoms with van der Waals surface area (Å²) in [4.78, 5) is -0.0613. The SMILES string of the molecule is C=Cc1ccc(CCC(C)C)cc1S(=O)(=O)O. The van der Waals surface area contributed by atoms with Gasteiger partial charge in [-0.15, -0.1) is 0 Å². The molecule has 1 aromatic rings. The molecule has 0 saturated carbocycles. The fourth-order valence-electron chi connectivity index (χ4n) is 1.58. The molecule has 17 heavy (non-hydrogen) atoms. The molecular formula is C13H18O3S. The van der Waals surface area contributed by atoms with Crippen molar-refractivity contribution in [3.63, 3.8) is 0 Å². The minimum absolute atomic E-state index is 0.0613. The topological polar surface area (TPSA) is 54.4 Å². The van der Waals surface area contributed by atoms with E-state index in [1.165, 1.54) is 12.1 Å². The zero-order valence-corrected chi connectivity index (χ0v) is 11.0. The molecule has 0 aliphatic rings. The molecule has 1 rings (SSSR count). The van der Waals surface area contributed by atoms with E-state index in [4.69, 9.17) is 4.55 Å². The number of hydrogen-bond acceptors (Lipinski definition) is 2. The van der Waals surface area contributed by atoms with Crippen LogP contribution in [-0.4, -0.2) is 13.0 Å². The van der Waals surface area contributed by atoms with E-state index in [2.05, 4.69) is 20.4 Å². The van der Waals surface area contributed by atoms with Crippen molar-refractivity contribution in [2.45, 2.75) is 31.6 Å². The van der Waals surface area contributed by atoms with Crippen LogP contribution in [0.5, 0.6) is 0 Å². The molecular weight excluding hydrogens is 236 g/mol. The van der Waals surface area contributed by atoms with Crippen LogP contribution in [0.15, 0.2) is 29.7 Å². The van der Waals surface area contributed by atoms with Gasteiger partial charge in [0, 0.05) is 0 Å². The number of hydrogen-bond donors (Lipinski definition) is 1. The molecule has 0 unspecified atom stereocenters. The first-order valence-corrected chi connectivity index (χ1v) is 7.01. The van der Waals surface area contributed by atoms with Crippen LogP contribution in [0.2, 0.25) is 0 Å². The van der Waals surface area contributed by atoms with E-state index < -0.39 is 10.1 Å². The van der Waals surface area contributed by atoms with Gasteiger partial charge in [-0.3, -0.25) is 4.55 Å². The summed E-state index contributed by atoms with van der Waals surface area (Å²) in [5, 5.41) is 0. The summed E-state index contributed by atoms with van der Waals surface area (Å²) in [7, 11) is -4.18. The Bertz CT molecular complexity index is 501. The molecule has 0 aliphatic carbocycles. The van der Waals surface area contributed by atoms with E-state index in [0.717, 1.165) is 18.4 Å². The third kappa shape index (κ3) is 3.98. The van der Waals surface area contributed by atoms with Gasteiger partial charge in [0.2, 0.25) is 0 Å². The molecule has 94 valence electrons. The van der Waals surface area contributed by atoms with Gasteiger partial charge in [-0.25, -0.2) is 0 Å². The average molecular weight is 254 g/mol. The van der Waals surface area contributed by atoms with Crippen molar-refractivity contribution in [2.24, 2.45) is 5.92 Å². The molecule has 0 aliphatic heterocycles. The zero-order valence-electron chi connectivity index (χ0n) is 10.2. The van der Waals surface area contributed by atoms with Crippen LogP contribution in [0.25, 0.3) is 6.08 Å². The molecule has 0 amide bonds. The highest BCUT2D eigenvalue weighted by molar-refractivity contribution is 7.85. The fourth-order valence-corrected chi connectivity index (χ4v) is 2.33. The summed E-state index contributed by atoms with van der Waals surface area (Å²) in [6.07, 6.45) is 3.21. The quantitative estimate of drug-likeness (QED) is 0.821. The Morgan fingerprint density at radius 2 is 2.06 bits per heavy atom. The summed E-state index contributed by atoms with van der Waals surface area (Å²) in [6, 6.07) is 5.06. The molecule has 0 heterocycles. The van der Waals surface area contributed by atoms with Gasteiger partial charge >= 0.3 is 0 Å². The fraction of sp³-hybridized carbons (Fsp3) is 0.385. The summed E-state index contributed by atoms with van der Waals surface area (Å²) >= 11 is 0. The highest BCUT2D eigenvalue weighted by Gasteiger charge is 2.14. The van der Waals surface area contributed by atoms with Crippen molar-refractivity contribution in [3.05, 3.63) is 35.9 Å². The monoisotopic (exact) mass is 254 g/mol. The van der Waals surface area contributed by atoms with Crippen molar-refractivity contribution in [3.8, 4) is 0 Å². The van der Waals surface area contributed by atoms with E-state index in [1.807, 2.05) is 6.07 Å². The van der Waals surface area contributed by atoms with Crippen molar-refractivity contribution < 1.29 is 13.0 Å². The van der Waals surface area contributed by atoms with E-state index in [9.17, 15) is 8.42 Å². The van der Waals surface area contributed by atoms with Crippen LogP contribution in [0.1, 0.15) is 31.4 Å². The van der Waals surface area contributed by atoms with Crippen LogP contribution < -0.4 is 0 Å². The normalized spacial score (nSPS) is 11.8. The third-order valence-corrected chi connectivity index (χ3v) is 3.50. The van der Waals surface area contributed by atoms with Crippen LogP contribution in [0.3, 0.4) is 0 Å². The maximum atomic E-state index is 11.2. The lowest BCUT2D eigenvalue weighted by molar-refractivity contribution is 0.483. The molecule has 3 nitrogen and oxygen atoms in total. The second-order valence-corrected chi connectivity index (χ2v) is 5.87. The lowest BCUT2D eigenvalue weighted by atomic mass is 10.0. The Morgan fingerprint density at radius 3 is 2.53 bits per heavy atom. The maximum absolute atomic E-state index is 11.2. The highest BCUT2D eigenvalue weighted by Crippen LogP contribution is 2.20. The van der Waals surface area contributed by atoms with Crippen LogP contribution >= 0.6 is 0 Å². The van der Waals surface area contributed by atoms with Crippen LogP contribution in [0.4, 0.5) is 0 Å². The molecule has 0 fully saturated rings. The van der Waals surface area contributed by atoms with E-state index in [0.29, 0.717) is 11.5 Å². The molecule has 0 aromatic heterocycles. The van der Waals surface area contributed by atoms with Crippen LogP contribution in [0, 0.1) is 5.92 Å². The van der Waals surface area contributed by atoms with Crippen molar-refractivity contribution >= 4 is 16.2 Å². The first-order valence-electron chi connectivity index (χ1n) is 5.57. The smallest absolute Gasteiger partial charge is 0.282 e. The van der Waals surface area contributed by atoms with Gasteiger partial charge in [0.05, 0.1) is 0 Å². The van der Waals surface area contributed by atoms with Crippen molar-refractivity contribution in [1.29, 1.82) is 0 Å². The first kappa shape index (κ1) is 13.9. The minimum Gasteiger partial charge on any atom is -0.282 e. The Labute approximate surface area is 103 Å². The van der Waals surface area contributed by atoms with Gasteiger partial charge in [0.1, 0.15) is 4.90 Å². The van der Waals surface area contributed by atoms with Gasteiger partial charge in [-0.05, 0) is 36.0 Å². The number of aryl methyl sites for hydroxylation is 1. The molecule has 0 atom stereocenters. The third-order valence-electron chi connectivity index (χ3n) is 2.59. The first-order chi connectivity index (χ1) is 7.84. The molecule has 0 radical (unpaired) electrons. The second kappa shape index (κ2) is 5.47. The van der Waals surface area contributed by atoms with Gasteiger partial charge < -0.3 is 0 Å². The number of rotatable bonds is 5. The molecule has 1 aromatic carbocycles. The predicted molar refractivity (Wildman–Crippen MR) is 69.5 cm³/mol. The van der Waals surface area contributed by atoms with E-state index in [1.54, 1.807) is 6.07 Å². The summed E-state index contributed by atoms with van der Waals surface area (Å²) in [5.74, 6) is 0.559. The Morgan fingerprint density at radius 1 is 1.41 bits per heavy atom. The second-order valence-electron chi connectivity index (χ2n) is 4.48. The van der Waals surface area contributed by atoms with E-state index >= 15 is 0 Å². The molecule has 1 N–H and O–H groups in total. The molecule has 4 heteroatoms.